The van der Waals surface area contributed by atoms with Gasteiger partial charge in [0.2, 0.25) is 0 Å². The standard InChI is InChI=1S/C18H25N/c1-5-13(2)10-15(4)17-9-6-14(3)11-18(17)19-12-16-7-8-16/h6,9-11,16,19H,2,5,7-8,12H2,1,3-4H3/b15-10+. The zero-order valence-electron chi connectivity index (χ0n) is 12.4. The van der Waals surface area contributed by atoms with Crippen molar-refractivity contribution in [2.45, 2.75) is 40.0 Å². The molecule has 0 spiro atoms. The Kier molecular flexibility index (Phi) is 4.47. The molecule has 19 heavy (non-hydrogen) atoms. The maximum absolute atomic E-state index is 4.07. The van der Waals surface area contributed by atoms with E-state index in [4.69, 9.17) is 0 Å². The molecule has 0 radical (unpaired) electrons. The van der Waals surface area contributed by atoms with E-state index in [1.165, 1.54) is 40.8 Å². The molecule has 1 aliphatic rings. The van der Waals surface area contributed by atoms with Gasteiger partial charge < -0.3 is 5.32 Å². The number of hydrogen-bond acceptors (Lipinski definition) is 1. The number of nitrogens with one attached hydrogen (secondary N) is 1. The molecule has 1 fully saturated rings. The predicted octanol–water partition coefficient (Wildman–Crippen LogP) is 5.19. The third kappa shape index (κ3) is 3.99. The molecule has 1 saturated carbocycles. The molecule has 1 aliphatic carbocycles. The fraction of sp³-hybridized carbons (Fsp3) is 0.444. The van der Waals surface area contributed by atoms with Gasteiger partial charge in [0.1, 0.15) is 0 Å². The number of aryl methyl sites for hydroxylation is 1. The van der Waals surface area contributed by atoms with Crippen LogP contribution in [-0.2, 0) is 0 Å². The highest BCUT2D eigenvalue weighted by atomic mass is 14.9. The number of rotatable bonds is 6. The Hall–Kier alpha value is -1.50. The molecule has 0 heterocycles. The Morgan fingerprint density at radius 3 is 2.79 bits per heavy atom. The average molecular weight is 255 g/mol. The summed E-state index contributed by atoms with van der Waals surface area (Å²) in [7, 11) is 0. The summed E-state index contributed by atoms with van der Waals surface area (Å²) in [5.74, 6) is 0.892. The van der Waals surface area contributed by atoms with Gasteiger partial charge in [-0.05, 0) is 56.2 Å². The molecule has 1 N–H and O–H groups in total. The fourth-order valence-corrected chi connectivity index (χ4v) is 2.21. The summed E-state index contributed by atoms with van der Waals surface area (Å²) in [4.78, 5) is 0. The number of allylic oxidation sites excluding steroid dienone is 3. The number of anilines is 1. The minimum absolute atomic E-state index is 0.892. The van der Waals surface area contributed by atoms with Crippen molar-refractivity contribution in [1.82, 2.24) is 0 Å². The van der Waals surface area contributed by atoms with Gasteiger partial charge in [0.25, 0.3) is 0 Å². The molecule has 0 aromatic heterocycles. The summed E-state index contributed by atoms with van der Waals surface area (Å²) in [5, 5.41) is 3.62. The Labute approximate surface area is 117 Å². The highest BCUT2D eigenvalue weighted by Crippen LogP contribution is 2.31. The van der Waals surface area contributed by atoms with E-state index in [1.54, 1.807) is 0 Å². The van der Waals surface area contributed by atoms with E-state index in [2.05, 4.69) is 56.9 Å². The Balaban J connectivity index is 2.21. The van der Waals surface area contributed by atoms with Crippen LogP contribution in [0, 0.1) is 12.8 Å². The largest absolute Gasteiger partial charge is 0.384 e. The Bertz CT molecular complexity index is 492. The van der Waals surface area contributed by atoms with Crippen molar-refractivity contribution in [2.24, 2.45) is 5.92 Å². The third-order valence-corrected chi connectivity index (χ3v) is 3.75. The summed E-state index contributed by atoms with van der Waals surface area (Å²) < 4.78 is 0. The van der Waals surface area contributed by atoms with Crippen LogP contribution in [0.25, 0.3) is 5.57 Å². The van der Waals surface area contributed by atoms with Crippen LogP contribution < -0.4 is 5.32 Å². The van der Waals surface area contributed by atoms with E-state index in [9.17, 15) is 0 Å². The quantitative estimate of drug-likeness (QED) is 0.690. The lowest BCUT2D eigenvalue weighted by Crippen LogP contribution is -2.05. The van der Waals surface area contributed by atoms with Crippen LogP contribution in [0.3, 0.4) is 0 Å². The molecular weight excluding hydrogens is 230 g/mol. The topological polar surface area (TPSA) is 12.0 Å². The highest BCUT2D eigenvalue weighted by Gasteiger charge is 2.21. The first-order valence-electron chi connectivity index (χ1n) is 7.31. The summed E-state index contributed by atoms with van der Waals surface area (Å²) in [6.07, 6.45) is 5.98. The van der Waals surface area contributed by atoms with Crippen molar-refractivity contribution in [3.8, 4) is 0 Å². The van der Waals surface area contributed by atoms with E-state index in [1.807, 2.05) is 0 Å². The van der Waals surface area contributed by atoms with Gasteiger partial charge in [0, 0.05) is 17.8 Å². The zero-order chi connectivity index (χ0) is 13.8. The molecular formula is C18H25N. The van der Waals surface area contributed by atoms with Crippen LogP contribution in [0.2, 0.25) is 0 Å². The van der Waals surface area contributed by atoms with Crippen LogP contribution in [-0.4, -0.2) is 6.54 Å². The summed E-state index contributed by atoms with van der Waals surface area (Å²) in [6, 6.07) is 6.66. The zero-order valence-corrected chi connectivity index (χ0v) is 12.4. The van der Waals surface area contributed by atoms with Gasteiger partial charge in [-0.15, -0.1) is 0 Å². The van der Waals surface area contributed by atoms with Crippen molar-refractivity contribution in [2.75, 3.05) is 11.9 Å². The van der Waals surface area contributed by atoms with Gasteiger partial charge in [-0.25, -0.2) is 0 Å². The van der Waals surface area contributed by atoms with Crippen molar-refractivity contribution in [1.29, 1.82) is 0 Å². The Morgan fingerprint density at radius 2 is 2.16 bits per heavy atom. The molecule has 0 atom stereocenters. The first-order chi connectivity index (χ1) is 9.10. The van der Waals surface area contributed by atoms with Gasteiger partial charge in [0.05, 0.1) is 0 Å². The predicted molar refractivity (Wildman–Crippen MR) is 85.5 cm³/mol. The van der Waals surface area contributed by atoms with Gasteiger partial charge >= 0.3 is 0 Å². The minimum Gasteiger partial charge on any atom is -0.384 e. The SMILES string of the molecule is C=C(/C=C(\C)c1ccc(C)cc1NCC1CC1)CC. The van der Waals surface area contributed by atoms with Crippen LogP contribution in [0.4, 0.5) is 5.69 Å². The molecule has 2 rings (SSSR count). The minimum atomic E-state index is 0.892. The molecule has 1 heteroatoms. The maximum atomic E-state index is 4.07. The lowest BCUT2D eigenvalue weighted by molar-refractivity contribution is 0.888. The molecule has 102 valence electrons. The van der Waals surface area contributed by atoms with Crippen molar-refractivity contribution < 1.29 is 0 Å². The van der Waals surface area contributed by atoms with Crippen LogP contribution in [0.1, 0.15) is 44.2 Å². The van der Waals surface area contributed by atoms with E-state index < -0.39 is 0 Å². The molecule has 0 aliphatic heterocycles. The second-order valence-electron chi connectivity index (χ2n) is 5.71. The highest BCUT2D eigenvalue weighted by molar-refractivity contribution is 5.77. The normalized spacial score (nSPS) is 15.4. The molecule has 0 bridgehead atoms. The third-order valence-electron chi connectivity index (χ3n) is 3.75. The van der Waals surface area contributed by atoms with Crippen molar-refractivity contribution in [3.63, 3.8) is 0 Å². The monoisotopic (exact) mass is 255 g/mol. The van der Waals surface area contributed by atoms with Gasteiger partial charge in [-0.1, -0.05) is 37.3 Å². The molecule has 1 aromatic carbocycles. The second-order valence-corrected chi connectivity index (χ2v) is 5.71. The fourth-order valence-electron chi connectivity index (χ4n) is 2.21. The van der Waals surface area contributed by atoms with Crippen molar-refractivity contribution >= 4 is 11.3 Å². The van der Waals surface area contributed by atoms with E-state index in [-0.39, 0.29) is 0 Å². The second kappa shape index (κ2) is 6.10. The van der Waals surface area contributed by atoms with Crippen molar-refractivity contribution in [3.05, 3.63) is 47.6 Å². The van der Waals surface area contributed by atoms with Gasteiger partial charge in [0.15, 0.2) is 0 Å². The summed E-state index contributed by atoms with van der Waals surface area (Å²) >= 11 is 0. The average Bonchev–Trinajstić information content (AvgIpc) is 3.20. The molecule has 0 saturated heterocycles. The first kappa shape index (κ1) is 13.9. The summed E-state index contributed by atoms with van der Waals surface area (Å²) in [6.45, 7) is 11.7. The molecule has 0 amide bonds. The molecule has 1 aromatic rings. The molecule has 0 unspecified atom stereocenters. The van der Waals surface area contributed by atoms with Crippen LogP contribution >= 0.6 is 0 Å². The lowest BCUT2D eigenvalue weighted by Gasteiger charge is -2.14. The summed E-state index contributed by atoms with van der Waals surface area (Å²) in [5.41, 5.74) is 6.37. The van der Waals surface area contributed by atoms with E-state index >= 15 is 0 Å². The molecule has 1 nitrogen and oxygen atoms in total. The smallest absolute Gasteiger partial charge is 0.0419 e. The lowest BCUT2D eigenvalue weighted by atomic mass is 10.0. The maximum Gasteiger partial charge on any atom is 0.0419 e. The Morgan fingerprint density at radius 1 is 1.42 bits per heavy atom. The number of hydrogen-bond donors (Lipinski definition) is 1. The van der Waals surface area contributed by atoms with Crippen LogP contribution in [0.15, 0.2) is 36.4 Å². The van der Waals surface area contributed by atoms with Crippen LogP contribution in [0.5, 0.6) is 0 Å². The van der Waals surface area contributed by atoms with E-state index in [0.717, 1.165) is 18.9 Å². The van der Waals surface area contributed by atoms with Gasteiger partial charge in [-0.3, -0.25) is 0 Å². The first-order valence-corrected chi connectivity index (χ1v) is 7.31. The van der Waals surface area contributed by atoms with E-state index in [0.29, 0.717) is 0 Å². The van der Waals surface area contributed by atoms with Gasteiger partial charge in [-0.2, -0.15) is 0 Å². The number of benzene rings is 1.